The topological polar surface area (TPSA) is 64.6 Å². The standard InChI is InChI=1S/C18H19NO4/c1-12-7-8-17(22-3)15(9-12)11-23-18(21)14-5-4-6-16(10-14)19-13(2)20/h4-10H,11H2,1-3H3,(H,19,20). The Kier molecular flexibility index (Phi) is 5.36. The minimum atomic E-state index is -0.458. The van der Waals surface area contributed by atoms with Crippen molar-refractivity contribution in [3.8, 4) is 5.75 Å². The van der Waals surface area contributed by atoms with Crippen LogP contribution in [0.3, 0.4) is 0 Å². The van der Waals surface area contributed by atoms with Crippen molar-refractivity contribution < 1.29 is 19.1 Å². The van der Waals surface area contributed by atoms with Crippen molar-refractivity contribution in [3.05, 3.63) is 59.2 Å². The largest absolute Gasteiger partial charge is 0.496 e. The number of ether oxygens (including phenoxy) is 2. The predicted octanol–water partition coefficient (Wildman–Crippen LogP) is 3.32. The SMILES string of the molecule is COc1ccc(C)cc1COC(=O)c1cccc(NC(C)=O)c1. The quantitative estimate of drug-likeness (QED) is 0.860. The fourth-order valence-electron chi connectivity index (χ4n) is 2.17. The van der Waals surface area contributed by atoms with E-state index in [2.05, 4.69) is 5.32 Å². The van der Waals surface area contributed by atoms with Gasteiger partial charge in [0.05, 0.1) is 12.7 Å². The van der Waals surface area contributed by atoms with Crippen LogP contribution in [0.15, 0.2) is 42.5 Å². The lowest BCUT2D eigenvalue weighted by molar-refractivity contribution is -0.114. The average molecular weight is 313 g/mol. The summed E-state index contributed by atoms with van der Waals surface area (Å²) >= 11 is 0. The second kappa shape index (κ2) is 7.45. The van der Waals surface area contributed by atoms with Crippen LogP contribution in [0.5, 0.6) is 5.75 Å². The third-order valence-corrected chi connectivity index (χ3v) is 3.21. The minimum Gasteiger partial charge on any atom is -0.496 e. The molecule has 2 aromatic carbocycles. The molecule has 0 aromatic heterocycles. The van der Waals surface area contributed by atoms with Crippen molar-refractivity contribution >= 4 is 17.6 Å². The Bertz CT molecular complexity index is 725. The molecule has 0 spiro atoms. The summed E-state index contributed by atoms with van der Waals surface area (Å²) in [4.78, 5) is 23.2. The summed E-state index contributed by atoms with van der Waals surface area (Å²) in [5, 5.41) is 2.63. The van der Waals surface area contributed by atoms with E-state index in [0.717, 1.165) is 11.1 Å². The van der Waals surface area contributed by atoms with E-state index in [1.165, 1.54) is 6.92 Å². The van der Waals surface area contributed by atoms with E-state index in [4.69, 9.17) is 9.47 Å². The van der Waals surface area contributed by atoms with Crippen LogP contribution in [0.1, 0.15) is 28.4 Å². The van der Waals surface area contributed by atoms with Crippen LogP contribution in [0.2, 0.25) is 0 Å². The number of hydrogen-bond donors (Lipinski definition) is 1. The Morgan fingerprint density at radius 2 is 1.91 bits per heavy atom. The molecule has 120 valence electrons. The van der Waals surface area contributed by atoms with Gasteiger partial charge in [0.15, 0.2) is 0 Å². The zero-order chi connectivity index (χ0) is 16.8. The highest BCUT2D eigenvalue weighted by molar-refractivity contribution is 5.93. The number of nitrogens with one attached hydrogen (secondary N) is 1. The number of methoxy groups -OCH3 is 1. The average Bonchev–Trinajstić information content (AvgIpc) is 2.52. The van der Waals surface area contributed by atoms with E-state index in [9.17, 15) is 9.59 Å². The van der Waals surface area contributed by atoms with Crippen LogP contribution >= 0.6 is 0 Å². The summed E-state index contributed by atoms with van der Waals surface area (Å²) in [6.07, 6.45) is 0. The summed E-state index contributed by atoms with van der Waals surface area (Å²) in [7, 11) is 1.58. The lowest BCUT2D eigenvalue weighted by atomic mass is 10.1. The summed E-state index contributed by atoms with van der Waals surface area (Å²) < 4.78 is 10.6. The summed E-state index contributed by atoms with van der Waals surface area (Å²) in [6.45, 7) is 3.49. The van der Waals surface area contributed by atoms with Crippen molar-refractivity contribution in [1.29, 1.82) is 0 Å². The highest BCUT2D eigenvalue weighted by Crippen LogP contribution is 2.21. The Hall–Kier alpha value is -2.82. The molecule has 5 heteroatoms. The van der Waals surface area contributed by atoms with Gasteiger partial charge < -0.3 is 14.8 Å². The molecule has 2 aromatic rings. The molecule has 0 heterocycles. The van der Waals surface area contributed by atoms with Gasteiger partial charge in [-0.05, 0) is 37.3 Å². The van der Waals surface area contributed by atoms with Gasteiger partial charge >= 0.3 is 5.97 Å². The van der Waals surface area contributed by atoms with Gasteiger partial charge in [-0.1, -0.05) is 17.7 Å². The zero-order valence-electron chi connectivity index (χ0n) is 13.4. The molecule has 0 aliphatic rings. The number of esters is 1. The number of anilines is 1. The number of aryl methyl sites for hydroxylation is 1. The molecule has 2 rings (SSSR count). The van der Waals surface area contributed by atoms with Gasteiger partial charge in [-0.25, -0.2) is 4.79 Å². The first-order chi connectivity index (χ1) is 11.0. The number of benzene rings is 2. The van der Waals surface area contributed by atoms with Gasteiger partial charge in [0, 0.05) is 18.2 Å². The smallest absolute Gasteiger partial charge is 0.338 e. The number of hydrogen-bond acceptors (Lipinski definition) is 4. The second-order valence-corrected chi connectivity index (χ2v) is 5.15. The maximum Gasteiger partial charge on any atom is 0.338 e. The maximum atomic E-state index is 12.2. The van der Waals surface area contributed by atoms with Crippen molar-refractivity contribution in [2.24, 2.45) is 0 Å². The lowest BCUT2D eigenvalue weighted by Gasteiger charge is -2.11. The first-order valence-electron chi connectivity index (χ1n) is 7.18. The minimum absolute atomic E-state index is 0.119. The second-order valence-electron chi connectivity index (χ2n) is 5.15. The van der Waals surface area contributed by atoms with Gasteiger partial charge in [-0.3, -0.25) is 4.79 Å². The highest BCUT2D eigenvalue weighted by Gasteiger charge is 2.11. The molecule has 0 bridgehead atoms. The van der Waals surface area contributed by atoms with Gasteiger partial charge in [0.25, 0.3) is 0 Å². The molecule has 1 amide bonds. The molecule has 0 unspecified atom stereocenters. The Morgan fingerprint density at radius 1 is 1.13 bits per heavy atom. The molecule has 5 nitrogen and oxygen atoms in total. The molecule has 0 atom stereocenters. The molecule has 0 fully saturated rings. The molecular formula is C18H19NO4. The molecule has 0 saturated heterocycles. The fourth-order valence-corrected chi connectivity index (χ4v) is 2.17. The van der Waals surface area contributed by atoms with Crippen LogP contribution in [-0.4, -0.2) is 19.0 Å². The molecule has 0 saturated carbocycles. The monoisotopic (exact) mass is 313 g/mol. The summed E-state index contributed by atoms with van der Waals surface area (Å²) in [6, 6.07) is 12.3. The van der Waals surface area contributed by atoms with Crippen LogP contribution in [0, 0.1) is 6.92 Å². The van der Waals surface area contributed by atoms with E-state index in [0.29, 0.717) is 17.0 Å². The lowest BCUT2D eigenvalue weighted by Crippen LogP contribution is -2.09. The van der Waals surface area contributed by atoms with E-state index >= 15 is 0 Å². The zero-order valence-corrected chi connectivity index (χ0v) is 13.4. The van der Waals surface area contributed by atoms with Crippen molar-refractivity contribution in [2.75, 3.05) is 12.4 Å². The normalized spacial score (nSPS) is 10.0. The Balaban J connectivity index is 2.08. The Morgan fingerprint density at radius 3 is 2.61 bits per heavy atom. The van der Waals surface area contributed by atoms with Gasteiger partial charge in [-0.15, -0.1) is 0 Å². The van der Waals surface area contributed by atoms with Crippen LogP contribution < -0.4 is 10.1 Å². The Labute approximate surface area is 135 Å². The van der Waals surface area contributed by atoms with Crippen molar-refractivity contribution in [1.82, 2.24) is 0 Å². The van der Waals surface area contributed by atoms with E-state index in [-0.39, 0.29) is 12.5 Å². The number of carbonyl (C=O) groups is 2. The van der Waals surface area contributed by atoms with Gasteiger partial charge in [0.2, 0.25) is 5.91 Å². The number of carbonyl (C=O) groups excluding carboxylic acids is 2. The molecular weight excluding hydrogens is 294 g/mol. The predicted molar refractivity (Wildman–Crippen MR) is 87.6 cm³/mol. The summed E-state index contributed by atoms with van der Waals surface area (Å²) in [5.74, 6) is 0.0242. The molecule has 0 aliphatic heterocycles. The van der Waals surface area contributed by atoms with E-state index < -0.39 is 5.97 Å². The third kappa shape index (κ3) is 4.57. The number of amides is 1. The molecule has 0 radical (unpaired) electrons. The van der Waals surface area contributed by atoms with Gasteiger partial charge in [0.1, 0.15) is 12.4 Å². The van der Waals surface area contributed by atoms with Crippen molar-refractivity contribution in [2.45, 2.75) is 20.5 Å². The van der Waals surface area contributed by atoms with E-state index in [1.54, 1.807) is 31.4 Å². The highest BCUT2D eigenvalue weighted by atomic mass is 16.5. The van der Waals surface area contributed by atoms with Crippen LogP contribution in [0.4, 0.5) is 5.69 Å². The van der Waals surface area contributed by atoms with Crippen LogP contribution in [0.25, 0.3) is 0 Å². The van der Waals surface area contributed by atoms with Crippen molar-refractivity contribution in [3.63, 3.8) is 0 Å². The van der Waals surface area contributed by atoms with Gasteiger partial charge in [-0.2, -0.15) is 0 Å². The van der Waals surface area contributed by atoms with Crippen LogP contribution in [-0.2, 0) is 16.1 Å². The molecule has 0 aliphatic carbocycles. The third-order valence-electron chi connectivity index (χ3n) is 3.21. The first kappa shape index (κ1) is 16.5. The fraction of sp³-hybridized carbons (Fsp3) is 0.222. The number of rotatable bonds is 5. The molecule has 23 heavy (non-hydrogen) atoms. The summed E-state index contributed by atoms with van der Waals surface area (Å²) in [5.41, 5.74) is 2.80. The molecule has 1 N–H and O–H groups in total. The van der Waals surface area contributed by atoms with E-state index in [1.807, 2.05) is 25.1 Å². The first-order valence-corrected chi connectivity index (χ1v) is 7.18. The maximum absolute atomic E-state index is 12.2.